The van der Waals surface area contributed by atoms with Crippen LogP contribution in [0.3, 0.4) is 0 Å². The van der Waals surface area contributed by atoms with Crippen molar-refractivity contribution in [3.63, 3.8) is 0 Å². The molecule has 11 heteroatoms. The summed E-state index contributed by atoms with van der Waals surface area (Å²) in [5.41, 5.74) is -0.259. The van der Waals surface area contributed by atoms with E-state index in [2.05, 4.69) is 10.3 Å². The molecule has 1 atom stereocenters. The fraction of sp³-hybridized carbons (Fsp3) is 0.357. The minimum atomic E-state index is -3.94. The zero-order chi connectivity index (χ0) is 18.2. The molecule has 0 aliphatic carbocycles. The number of aromatic nitrogens is 2. The standard InChI is InChI=1S/C14H16ClN5O4S/c1-18-6-5-17-14(18)12-9-16-4-7-19(12)25(23,24)13-3-2-10(20(21)22)8-11(13)15/h2-3,5-6,8,12,16H,4,7,9H2,1H3. The van der Waals surface area contributed by atoms with Gasteiger partial charge in [-0.05, 0) is 6.07 Å². The number of hydrogen-bond acceptors (Lipinski definition) is 6. The maximum absolute atomic E-state index is 13.1. The minimum Gasteiger partial charge on any atom is -0.337 e. The van der Waals surface area contributed by atoms with Crippen molar-refractivity contribution >= 4 is 27.3 Å². The lowest BCUT2D eigenvalue weighted by Crippen LogP contribution is -2.49. The van der Waals surface area contributed by atoms with Crippen LogP contribution in [0.1, 0.15) is 11.9 Å². The van der Waals surface area contributed by atoms with Crippen molar-refractivity contribution in [1.29, 1.82) is 0 Å². The van der Waals surface area contributed by atoms with Crippen molar-refractivity contribution in [1.82, 2.24) is 19.2 Å². The van der Waals surface area contributed by atoms with Gasteiger partial charge in [-0.15, -0.1) is 0 Å². The molecule has 25 heavy (non-hydrogen) atoms. The molecule has 1 aromatic heterocycles. The van der Waals surface area contributed by atoms with Gasteiger partial charge in [0.1, 0.15) is 10.7 Å². The fourth-order valence-corrected chi connectivity index (χ4v) is 4.93. The van der Waals surface area contributed by atoms with Gasteiger partial charge in [0, 0.05) is 51.2 Å². The Bertz CT molecular complexity index is 914. The Morgan fingerprint density at radius 3 is 2.80 bits per heavy atom. The van der Waals surface area contributed by atoms with Crippen LogP contribution in [0.15, 0.2) is 35.5 Å². The van der Waals surface area contributed by atoms with Gasteiger partial charge in [0.15, 0.2) is 0 Å². The number of hydrogen-bond donors (Lipinski definition) is 1. The van der Waals surface area contributed by atoms with Gasteiger partial charge in [0.2, 0.25) is 10.0 Å². The Kier molecular flexibility index (Phi) is 4.78. The summed E-state index contributed by atoms with van der Waals surface area (Å²) in [7, 11) is -2.15. The second-order valence-corrected chi connectivity index (χ2v) is 7.87. The van der Waals surface area contributed by atoms with Crippen LogP contribution in [0, 0.1) is 10.1 Å². The molecular weight excluding hydrogens is 370 g/mol. The number of halogens is 1. The van der Waals surface area contributed by atoms with Crippen LogP contribution in [0.4, 0.5) is 5.69 Å². The molecule has 0 saturated carbocycles. The number of nitrogens with zero attached hydrogens (tertiary/aromatic N) is 4. The molecule has 0 spiro atoms. The molecule has 2 aromatic rings. The first-order valence-electron chi connectivity index (χ1n) is 7.46. The normalized spacial score (nSPS) is 19.0. The number of benzene rings is 1. The summed E-state index contributed by atoms with van der Waals surface area (Å²) in [6.45, 7) is 1.15. The number of non-ortho nitro benzene ring substituents is 1. The second-order valence-electron chi connectivity index (χ2n) is 5.60. The molecule has 1 saturated heterocycles. The summed E-state index contributed by atoms with van der Waals surface area (Å²) in [6.07, 6.45) is 3.35. The van der Waals surface area contributed by atoms with E-state index in [-0.39, 0.29) is 22.2 Å². The molecular formula is C14H16ClN5O4S. The highest BCUT2D eigenvalue weighted by Gasteiger charge is 2.37. The van der Waals surface area contributed by atoms with Crippen molar-refractivity contribution < 1.29 is 13.3 Å². The van der Waals surface area contributed by atoms with E-state index in [4.69, 9.17) is 11.6 Å². The first-order valence-corrected chi connectivity index (χ1v) is 9.28. The van der Waals surface area contributed by atoms with Crippen LogP contribution >= 0.6 is 11.6 Å². The molecule has 2 heterocycles. The van der Waals surface area contributed by atoms with Crippen LogP contribution in [0.2, 0.25) is 5.02 Å². The van der Waals surface area contributed by atoms with Gasteiger partial charge in [-0.2, -0.15) is 4.31 Å². The van der Waals surface area contributed by atoms with E-state index in [1.54, 1.807) is 24.0 Å². The summed E-state index contributed by atoms with van der Waals surface area (Å²) < 4.78 is 29.3. The largest absolute Gasteiger partial charge is 0.337 e. The number of imidazole rings is 1. The molecule has 1 aliphatic heterocycles. The Balaban J connectivity index is 2.03. The Morgan fingerprint density at radius 1 is 1.44 bits per heavy atom. The summed E-state index contributed by atoms with van der Waals surface area (Å²) in [5, 5.41) is 13.8. The van der Waals surface area contributed by atoms with Crippen molar-refractivity contribution in [2.45, 2.75) is 10.9 Å². The molecule has 3 rings (SSSR count). The van der Waals surface area contributed by atoms with Crippen molar-refractivity contribution in [2.75, 3.05) is 19.6 Å². The van der Waals surface area contributed by atoms with E-state index in [0.29, 0.717) is 18.9 Å². The van der Waals surface area contributed by atoms with E-state index in [1.165, 1.54) is 10.4 Å². The number of nitro benzene ring substituents is 1. The van der Waals surface area contributed by atoms with E-state index in [9.17, 15) is 18.5 Å². The smallest absolute Gasteiger partial charge is 0.271 e. The molecule has 0 amide bonds. The number of sulfonamides is 1. The van der Waals surface area contributed by atoms with Gasteiger partial charge in [-0.3, -0.25) is 10.1 Å². The van der Waals surface area contributed by atoms with E-state index in [0.717, 1.165) is 12.1 Å². The van der Waals surface area contributed by atoms with Crippen molar-refractivity contribution in [3.8, 4) is 0 Å². The number of aryl methyl sites for hydroxylation is 1. The van der Waals surface area contributed by atoms with E-state index >= 15 is 0 Å². The van der Waals surface area contributed by atoms with Gasteiger partial charge in [0.05, 0.1) is 16.0 Å². The molecule has 1 fully saturated rings. The SMILES string of the molecule is Cn1ccnc1C1CNCCN1S(=O)(=O)c1ccc([N+](=O)[O-])cc1Cl. The maximum Gasteiger partial charge on any atom is 0.271 e. The zero-order valence-corrected chi connectivity index (χ0v) is 14.9. The number of nitrogens with one attached hydrogen (secondary N) is 1. The molecule has 1 aromatic carbocycles. The predicted octanol–water partition coefficient (Wildman–Crippen LogP) is 1.32. The molecule has 0 radical (unpaired) electrons. The highest BCUT2D eigenvalue weighted by atomic mass is 35.5. The molecule has 1 unspecified atom stereocenters. The summed E-state index contributed by atoms with van der Waals surface area (Å²) >= 11 is 6.03. The summed E-state index contributed by atoms with van der Waals surface area (Å²) in [5.74, 6) is 0.605. The molecule has 1 N–H and O–H groups in total. The Hall–Kier alpha value is -2.01. The van der Waals surface area contributed by atoms with Gasteiger partial charge in [-0.25, -0.2) is 13.4 Å². The minimum absolute atomic E-state index is 0.152. The lowest BCUT2D eigenvalue weighted by atomic mass is 10.2. The summed E-state index contributed by atoms with van der Waals surface area (Å²) in [6, 6.07) is 2.86. The fourth-order valence-electron chi connectivity index (χ4n) is 2.83. The van der Waals surface area contributed by atoms with Gasteiger partial charge in [0.25, 0.3) is 5.69 Å². The van der Waals surface area contributed by atoms with Crippen LogP contribution in [-0.2, 0) is 17.1 Å². The maximum atomic E-state index is 13.1. The van der Waals surface area contributed by atoms with Gasteiger partial charge >= 0.3 is 0 Å². The molecule has 0 bridgehead atoms. The lowest BCUT2D eigenvalue weighted by Gasteiger charge is -2.34. The van der Waals surface area contributed by atoms with Crippen LogP contribution in [0.25, 0.3) is 0 Å². The van der Waals surface area contributed by atoms with Crippen LogP contribution < -0.4 is 5.32 Å². The number of piperazine rings is 1. The quantitative estimate of drug-likeness (QED) is 0.627. The second kappa shape index (κ2) is 6.71. The lowest BCUT2D eigenvalue weighted by molar-refractivity contribution is -0.384. The van der Waals surface area contributed by atoms with Crippen molar-refractivity contribution in [3.05, 3.63) is 51.6 Å². The topological polar surface area (TPSA) is 110 Å². The Morgan fingerprint density at radius 2 is 2.20 bits per heavy atom. The zero-order valence-electron chi connectivity index (χ0n) is 13.3. The van der Waals surface area contributed by atoms with E-state index < -0.39 is 21.0 Å². The number of rotatable bonds is 4. The molecule has 134 valence electrons. The van der Waals surface area contributed by atoms with Crippen LogP contribution in [0.5, 0.6) is 0 Å². The molecule has 9 nitrogen and oxygen atoms in total. The first kappa shape index (κ1) is 17.8. The van der Waals surface area contributed by atoms with Crippen LogP contribution in [-0.4, -0.2) is 46.8 Å². The Labute approximate surface area is 149 Å². The summed E-state index contributed by atoms with van der Waals surface area (Å²) in [4.78, 5) is 14.3. The third kappa shape index (κ3) is 3.25. The highest BCUT2D eigenvalue weighted by molar-refractivity contribution is 7.89. The third-order valence-corrected chi connectivity index (χ3v) is 6.45. The average Bonchev–Trinajstić information content (AvgIpc) is 3.00. The van der Waals surface area contributed by atoms with E-state index in [1.807, 2.05) is 0 Å². The highest BCUT2D eigenvalue weighted by Crippen LogP contribution is 2.33. The monoisotopic (exact) mass is 385 g/mol. The third-order valence-electron chi connectivity index (χ3n) is 4.06. The van der Waals surface area contributed by atoms with Crippen molar-refractivity contribution in [2.24, 2.45) is 7.05 Å². The average molecular weight is 386 g/mol. The predicted molar refractivity (Wildman–Crippen MR) is 90.8 cm³/mol. The van der Waals surface area contributed by atoms with Gasteiger partial charge in [-0.1, -0.05) is 11.6 Å². The molecule has 1 aliphatic rings. The number of nitro groups is 1. The van der Waals surface area contributed by atoms with Gasteiger partial charge < -0.3 is 9.88 Å². The first-order chi connectivity index (χ1) is 11.8.